The van der Waals surface area contributed by atoms with Gasteiger partial charge in [-0.25, -0.2) is 0 Å². The molecule has 0 heterocycles. The summed E-state index contributed by atoms with van der Waals surface area (Å²) in [4.78, 5) is 1.59. The molecular formula is C11H19N3O2. The minimum atomic E-state index is -0.640. The molecule has 1 atom stereocenters. The van der Waals surface area contributed by atoms with Crippen LogP contribution in [0.3, 0.4) is 0 Å². The van der Waals surface area contributed by atoms with E-state index in [1.807, 2.05) is 12.1 Å². The minimum Gasteiger partial charge on any atom is -0.389 e. The number of rotatable bonds is 9. The standard InChI is InChI=1S/C11H19N3O2/c1-2-3-8-16-10-11(15)9-14(6-4-12)7-5-13/h11,15H,2-3,6-10H2,1H3. The predicted octanol–water partition coefficient (Wildman–Crippen LogP) is 0.513. The highest BCUT2D eigenvalue weighted by Gasteiger charge is 2.11. The van der Waals surface area contributed by atoms with Gasteiger partial charge >= 0.3 is 0 Å². The van der Waals surface area contributed by atoms with Crippen molar-refractivity contribution in [1.82, 2.24) is 4.90 Å². The highest BCUT2D eigenvalue weighted by Crippen LogP contribution is 1.95. The van der Waals surface area contributed by atoms with E-state index in [0.717, 1.165) is 12.8 Å². The van der Waals surface area contributed by atoms with Gasteiger partial charge in [-0.05, 0) is 6.42 Å². The Balaban J connectivity index is 3.69. The van der Waals surface area contributed by atoms with Crippen LogP contribution in [0.4, 0.5) is 0 Å². The summed E-state index contributed by atoms with van der Waals surface area (Å²) in [7, 11) is 0. The van der Waals surface area contributed by atoms with Crippen LogP contribution in [0.2, 0.25) is 0 Å². The maximum Gasteiger partial charge on any atom is 0.0900 e. The van der Waals surface area contributed by atoms with Crippen molar-refractivity contribution in [2.24, 2.45) is 0 Å². The molecule has 0 aromatic rings. The second-order valence-electron chi connectivity index (χ2n) is 3.57. The molecule has 0 radical (unpaired) electrons. The van der Waals surface area contributed by atoms with Crippen molar-refractivity contribution in [3.05, 3.63) is 0 Å². The van der Waals surface area contributed by atoms with Crippen LogP contribution < -0.4 is 0 Å². The van der Waals surface area contributed by atoms with Crippen molar-refractivity contribution in [3.63, 3.8) is 0 Å². The van der Waals surface area contributed by atoms with Crippen molar-refractivity contribution in [3.8, 4) is 12.1 Å². The monoisotopic (exact) mass is 225 g/mol. The maximum absolute atomic E-state index is 9.59. The van der Waals surface area contributed by atoms with E-state index in [1.165, 1.54) is 0 Å². The Kier molecular flexibility index (Phi) is 9.64. The molecule has 5 nitrogen and oxygen atoms in total. The molecular weight excluding hydrogens is 206 g/mol. The zero-order chi connectivity index (χ0) is 12.2. The summed E-state index contributed by atoms with van der Waals surface area (Å²) in [6.07, 6.45) is 1.40. The summed E-state index contributed by atoms with van der Waals surface area (Å²) in [5, 5.41) is 26.6. The molecule has 16 heavy (non-hydrogen) atoms. The Morgan fingerprint density at radius 2 is 1.94 bits per heavy atom. The molecule has 0 saturated heterocycles. The quantitative estimate of drug-likeness (QED) is 0.457. The lowest BCUT2D eigenvalue weighted by molar-refractivity contribution is 0.0198. The van der Waals surface area contributed by atoms with Crippen LogP contribution in [-0.2, 0) is 4.74 Å². The summed E-state index contributed by atoms with van der Waals surface area (Å²) in [5.41, 5.74) is 0. The Morgan fingerprint density at radius 1 is 1.31 bits per heavy atom. The van der Waals surface area contributed by atoms with E-state index in [4.69, 9.17) is 15.3 Å². The first-order valence-electron chi connectivity index (χ1n) is 5.46. The SMILES string of the molecule is CCCCOCC(O)CN(CC#N)CC#N. The largest absolute Gasteiger partial charge is 0.389 e. The summed E-state index contributed by atoms with van der Waals surface area (Å²) in [6.45, 7) is 3.57. The molecule has 0 bridgehead atoms. The molecule has 0 saturated carbocycles. The molecule has 0 spiro atoms. The molecule has 0 aliphatic heterocycles. The van der Waals surface area contributed by atoms with Crippen LogP contribution in [0.1, 0.15) is 19.8 Å². The van der Waals surface area contributed by atoms with E-state index < -0.39 is 6.10 Å². The van der Waals surface area contributed by atoms with Gasteiger partial charge in [0.1, 0.15) is 0 Å². The average Bonchev–Trinajstić information content (AvgIpc) is 2.25. The summed E-state index contributed by atoms with van der Waals surface area (Å²) < 4.78 is 5.25. The van der Waals surface area contributed by atoms with Gasteiger partial charge in [-0.2, -0.15) is 10.5 Å². The van der Waals surface area contributed by atoms with Gasteiger partial charge in [-0.3, -0.25) is 4.90 Å². The highest BCUT2D eigenvalue weighted by atomic mass is 16.5. The predicted molar refractivity (Wildman–Crippen MR) is 59.4 cm³/mol. The number of aliphatic hydroxyl groups is 1. The number of hydrogen-bond donors (Lipinski definition) is 1. The lowest BCUT2D eigenvalue weighted by Gasteiger charge is -2.19. The third-order valence-corrected chi connectivity index (χ3v) is 2.01. The third kappa shape index (κ3) is 8.19. The molecule has 1 N–H and O–H groups in total. The first-order valence-corrected chi connectivity index (χ1v) is 5.46. The van der Waals surface area contributed by atoms with Crippen LogP contribution in [-0.4, -0.2) is 49.0 Å². The van der Waals surface area contributed by atoms with E-state index in [2.05, 4.69) is 6.92 Å². The Labute approximate surface area is 96.8 Å². The van der Waals surface area contributed by atoms with Gasteiger partial charge in [-0.15, -0.1) is 0 Å². The Morgan fingerprint density at radius 3 is 2.44 bits per heavy atom. The fourth-order valence-corrected chi connectivity index (χ4v) is 1.20. The van der Waals surface area contributed by atoms with E-state index in [0.29, 0.717) is 13.2 Å². The van der Waals surface area contributed by atoms with Crippen molar-refractivity contribution < 1.29 is 9.84 Å². The molecule has 0 aromatic carbocycles. The van der Waals surface area contributed by atoms with Gasteiger partial charge in [0, 0.05) is 13.2 Å². The zero-order valence-corrected chi connectivity index (χ0v) is 9.72. The average molecular weight is 225 g/mol. The lowest BCUT2D eigenvalue weighted by Crippen LogP contribution is -2.35. The first kappa shape index (κ1) is 14.9. The molecule has 0 aromatic heterocycles. The number of aliphatic hydroxyl groups excluding tert-OH is 1. The number of nitrogens with zero attached hydrogens (tertiary/aromatic N) is 3. The van der Waals surface area contributed by atoms with Crippen LogP contribution in [0.25, 0.3) is 0 Å². The minimum absolute atomic E-state index is 0.152. The number of ether oxygens (including phenoxy) is 1. The molecule has 0 rings (SSSR count). The number of nitriles is 2. The fraction of sp³-hybridized carbons (Fsp3) is 0.818. The summed E-state index contributed by atoms with van der Waals surface area (Å²) >= 11 is 0. The molecule has 5 heteroatoms. The second-order valence-corrected chi connectivity index (χ2v) is 3.57. The van der Waals surface area contributed by atoms with Crippen molar-refractivity contribution in [1.29, 1.82) is 10.5 Å². The number of hydrogen-bond acceptors (Lipinski definition) is 5. The topological polar surface area (TPSA) is 80.3 Å². The van der Waals surface area contributed by atoms with Crippen molar-refractivity contribution >= 4 is 0 Å². The Bertz CT molecular complexity index is 229. The lowest BCUT2D eigenvalue weighted by atomic mass is 10.3. The third-order valence-electron chi connectivity index (χ3n) is 2.01. The summed E-state index contributed by atoms with van der Waals surface area (Å²) in [6, 6.07) is 3.91. The van der Waals surface area contributed by atoms with Gasteiger partial charge in [-0.1, -0.05) is 13.3 Å². The second kappa shape index (κ2) is 10.4. The van der Waals surface area contributed by atoms with Gasteiger partial charge in [0.25, 0.3) is 0 Å². The maximum atomic E-state index is 9.59. The molecule has 0 aliphatic carbocycles. The number of unbranched alkanes of at least 4 members (excludes halogenated alkanes) is 1. The van der Waals surface area contributed by atoms with Crippen LogP contribution in [0, 0.1) is 22.7 Å². The molecule has 90 valence electrons. The smallest absolute Gasteiger partial charge is 0.0900 e. The first-order chi connectivity index (χ1) is 7.74. The van der Waals surface area contributed by atoms with Gasteiger partial charge < -0.3 is 9.84 Å². The van der Waals surface area contributed by atoms with Crippen LogP contribution in [0.5, 0.6) is 0 Å². The normalized spacial score (nSPS) is 12.1. The van der Waals surface area contributed by atoms with Crippen LogP contribution >= 0.6 is 0 Å². The van der Waals surface area contributed by atoms with Gasteiger partial charge in [0.15, 0.2) is 0 Å². The van der Waals surface area contributed by atoms with Gasteiger partial charge in [0.05, 0.1) is 37.9 Å². The molecule has 0 aliphatic rings. The van der Waals surface area contributed by atoms with Crippen molar-refractivity contribution in [2.45, 2.75) is 25.9 Å². The Hall–Kier alpha value is -1.14. The molecule has 0 amide bonds. The van der Waals surface area contributed by atoms with Crippen molar-refractivity contribution in [2.75, 3.05) is 32.8 Å². The zero-order valence-electron chi connectivity index (χ0n) is 9.72. The fourth-order valence-electron chi connectivity index (χ4n) is 1.20. The molecule has 0 fully saturated rings. The van der Waals surface area contributed by atoms with Gasteiger partial charge in [0.2, 0.25) is 0 Å². The van der Waals surface area contributed by atoms with E-state index in [-0.39, 0.29) is 19.7 Å². The molecule has 1 unspecified atom stereocenters. The van der Waals surface area contributed by atoms with E-state index >= 15 is 0 Å². The highest BCUT2D eigenvalue weighted by molar-refractivity contribution is 4.84. The van der Waals surface area contributed by atoms with E-state index in [9.17, 15) is 5.11 Å². The summed E-state index contributed by atoms with van der Waals surface area (Å²) in [5.74, 6) is 0. The van der Waals surface area contributed by atoms with Crippen LogP contribution in [0.15, 0.2) is 0 Å². The van der Waals surface area contributed by atoms with E-state index in [1.54, 1.807) is 4.90 Å².